The Hall–Kier alpha value is -1.39. The molecule has 1 aromatic carbocycles. The molecule has 3 atom stereocenters. The van der Waals surface area contributed by atoms with Gasteiger partial charge in [0.05, 0.1) is 18.7 Å². The van der Waals surface area contributed by atoms with Crippen molar-refractivity contribution in [3.8, 4) is 0 Å². The smallest absolute Gasteiger partial charge is 0.224 e. The summed E-state index contributed by atoms with van der Waals surface area (Å²) in [4.78, 5) is 14.6. The zero-order valence-electron chi connectivity index (χ0n) is 14.1. The molecule has 1 fully saturated rings. The summed E-state index contributed by atoms with van der Waals surface area (Å²) in [5.74, 6) is 0.206. The van der Waals surface area contributed by atoms with Gasteiger partial charge >= 0.3 is 0 Å². The van der Waals surface area contributed by atoms with Crippen LogP contribution in [0.1, 0.15) is 45.8 Å². The molecule has 0 aromatic heterocycles. The van der Waals surface area contributed by atoms with Gasteiger partial charge in [-0.1, -0.05) is 44.2 Å². The molecule has 0 saturated carbocycles. The molecule has 0 bridgehead atoms. The molecule has 4 nitrogen and oxygen atoms in total. The van der Waals surface area contributed by atoms with Crippen LogP contribution in [-0.2, 0) is 9.53 Å². The Labute approximate surface area is 133 Å². The Morgan fingerprint density at radius 1 is 1.32 bits per heavy atom. The molecule has 0 unspecified atom stereocenters. The highest BCUT2D eigenvalue weighted by atomic mass is 16.5. The molecule has 1 amide bonds. The summed E-state index contributed by atoms with van der Waals surface area (Å²) in [6.45, 7) is 9.65. The highest BCUT2D eigenvalue weighted by Crippen LogP contribution is 2.31. The van der Waals surface area contributed by atoms with Gasteiger partial charge in [-0.15, -0.1) is 0 Å². The van der Waals surface area contributed by atoms with E-state index in [1.165, 1.54) is 0 Å². The lowest BCUT2D eigenvalue weighted by molar-refractivity contribution is -0.153. The highest BCUT2D eigenvalue weighted by Gasteiger charge is 2.36. The fraction of sp³-hybridized carbons (Fsp3) is 0.611. The Kier molecular flexibility index (Phi) is 5.98. The van der Waals surface area contributed by atoms with Gasteiger partial charge in [0.15, 0.2) is 0 Å². The molecule has 1 aliphatic rings. The number of hydrogen-bond acceptors (Lipinski definition) is 3. The maximum absolute atomic E-state index is 12.6. The molecule has 22 heavy (non-hydrogen) atoms. The van der Waals surface area contributed by atoms with Crippen LogP contribution in [-0.4, -0.2) is 42.1 Å². The third kappa shape index (κ3) is 4.08. The first-order chi connectivity index (χ1) is 10.5. The molecule has 1 N–H and O–H groups in total. The van der Waals surface area contributed by atoms with E-state index in [0.717, 1.165) is 12.1 Å². The number of carbonyl (C=O) groups excluding carboxylic acids is 1. The summed E-state index contributed by atoms with van der Waals surface area (Å²) >= 11 is 0. The molecule has 0 spiro atoms. The van der Waals surface area contributed by atoms with E-state index in [4.69, 9.17) is 4.74 Å². The van der Waals surface area contributed by atoms with Crippen molar-refractivity contribution in [2.24, 2.45) is 0 Å². The summed E-state index contributed by atoms with van der Waals surface area (Å²) in [5, 5.41) is 3.31. The van der Waals surface area contributed by atoms with Crippen molar-refractivity contribution in [1.82, 2.24) is 10.2 Å². The van der Waals surface area contributed by atoms with Gasteiger partial charge in [0.1, 0.15) is 6.10 Å². The first-order valence-electron chi connectivity index (χ1n) is 8.21. The average Bonchev–Trinajstić information content (AvgIpc) is 2.48. The van der Waals surface area contributed by atoms with Crippen molar-refractivity contribution in [2.75, 3.05) is 13.2 Å². The minimum Gasteiger partial charge on any atom is -0.369 e. The van der Waals surface area contributed by atoms with Crippen molar-refractivity contribution in [2.45, 2.75) is 58.3 Å². The van der Waals surface area contributed by atoms with Gasteiger partial charge in [0.2, 0.25) is 5.91 Å². The maximum atomic E-state index is 12.6. The lowest BCUT2D eigenvalue weighted by Gasteiger charge is -2.44. The van der Waals surface area contributed by atoms with E-state index in [0.29, 0.717) is 19.1 Å². The summed E-state index contributed by atoms with van der Waals surface area (Å²) in [6, 6.07) is 10.8. The maximum Gasteiger partial charge on any atom is 0.224 e. The van der Waals surface area contributed by atoms with Crippen LogP contribution in [0.4, 0.5) is 0 Å². The molecule has 122 valence electrons. The lowest BCUT2D eigenvalue weighted by atomic mass is 9.98. The molecule has 1 heterocycles. The topological polar surface area (TPSA) is 41.6 Å². The van der Waals surface area contributed by atoms with Gasteiger partial charge in [0, 0.05) is 19.0 Å². The van der Waals surface area contributed by atoms with Crippen molar-refractivity contribution in [3.63, 3.8) is 0 Å². The molecule has 1 aromatic rings. The van der Waals surface area contributed by atoms with Gasteiger partial charge in [-0.3, -0.25) is 4.79 Å². The van der Waals surface area contributed by atoms with Crippen molar-refractivity contribution < 1.29 is 9.53 Å². The highest BCUT2D eigenvalue weighted by molar-refractivity contribution is 5.77. The van der Waals surface area contributed by atoms with Crippen molar-refractivity contribution >= 4 is 5.91 Å². The first kappa shape index (κ1) is 17.0. The number of benzene rings is 1. The Morgan fingerprint density at radius 2 is 2.00 bits per heavy atom. The second kappa shape index (κ2) is 7.75. The second-order valence-corrected chi connectivity index (χ2v) is 6.41. The van der Waals surface area contributed by atoms with Gasteiger partial charge in [0.25, 0.3) is 0 Å². The number of morpholine rings is 1. The molecule has 1 saturated heterocycles. The number of amides is 1. The normalized spacial score (nSPS) is 25.5. The van der Waals surface area contributed by atoms with Crippen LogP contribution in [0.25, 0.3) is 0 Å². The van der Waals surface area contributed by atoms with Crippen LogP contribution in [0.15, 0.2) is 30.3 Å². The fourth-order valence-corrected chi connectivity index (χ4v) is 3.10. The number of nitrogens with one attached hydrogen (secondary N) is 1. The Morgan fingerprint density at radius 3 is 2.64 bits per heavy atom. The summed E-state index contributed by atoms with van der Waals surface area (Å²) in [7, 11) is 0. The molecule has 4 heteroatoms. The van der Waals surface area contributed by atoms with Crippen molar-refractivity contribution in [1.29, 1.82) is 0 Å². The molecule has 0 radical (unpaired) electrons. The largest absolute Gasteiger partial charge is 0.369 e. The summed E-state index contributed by atoms with van der Waals surface area (Å²) in [5.41, 5.74) is 1.14. The van der Waals surface area contributed by atoms with E-state index in [1.54, 1.807) is 0 Å². The molecule has 0 aliphatic carbocycles. The predicted molar refractivity (Wildman–Crippen MR) is 88.7 cm³/mol. The quantitative estimate of drug-likeness (QED) is 0.909. The predicted octanol–water partition coefficient (Wildman–Crippen LogP) is 2.75. The number of ether oxygens (including phenoxy) is 1. The van der Waals surface area contributed by atoms with E-state index < -0.39 is 0 Å². The second-order valence-electron chi connectivity index (χ2n) is 6.41. The standard InChI is InChI=1S/C18H28N2O2/c1-13(2)19-11-10-17(21)20-14(3)12-22-18(15(20)4)16-8-6-5-7-9-16/h5-9,13-15,18-19H,10-12H2,1-4H3/t14-,15+,18+/m1/s1. The number of nitrogens with zero attached hydrogens (tertiary/aromatic N) is 1. The number of carbonyl (C=O) groups is 1. The Bertz CT molecular complexity index is 475. The van der Waals surface area contributed by atoms with Gasteiger partial charge in [-0.2, -0.15) is 0 Å². The van der Waals surface area contributed by atoms with E-state index in [2.05, 4.69) is 45.1 Å². The van der Waals surface area contributed by atoms with Gasteiger partial charge < -0.3 is 15.0 Å². The molecular weight excluding hydrogens is 276 g/mol. The van der Waals surface area contributed by atoms with E-state index in [9.17, 15) is 4.79 Å². The zero-order valence-corrected chi connectivity index (χ0v) is 14.1. The van der Waals surface area contributed by atoms with Crippen LogP contribution in [0.2, 0.25) is 0 Å². The van der Waals surface area contributed by atoms with E-state index >= 15 is 0 Å². The molecular formula is C18H28N2O2. The summed E-state index contributed by atoms with van der Waals surface area (Å²) in [6.07, 6.45) is 0.494. The van der Waals surface area contributed by atoms with E-state index in [1.807, 2.05) is 23.1 Å². The summed E-state index contributed by atoms with van der Waals surface area (Å²) < 4.78 is 6.00. The number of rotatable bonds is 5. The SMILES string of the molecule is CC(C)NCCC(=O)N1[C@H](C)CO[C@H](c2ccccc2)[C@@H]1C. The minimum atomic E-state index is -0.0422. The molecule has 2 rings (SSSR count). The van der Waals surface area contributed by atoms with Crippen molar-refractivity contribution in [3.05, 3.63) is 35.9 Å². The monoisotopic (exact) mass is 304 g/mol. The van der Waals surface area contributed by atoms with Crippen LogP contribution in [0.5, 0.6) is 0 Å². The molecule has 1 aliphatic heterocycles. The number of hydrogen-bond donors (Lipinski definition) is 1. The fourth-order valence-electron chi connectivity index (χ4n) is 3.10. The minimum absolute atomic E-state index is 0.0422. The van der Waals surface area contributed by atoms with Crippen LogP contribution in [0.3, 0.4) is 0 Å². The average molecular weight is 304 g/mol. The lowest BCUT2D eigenvalue weighted by Crippen LogP contribution is -2.54. The first-order valence-corrected chi connectivity index (χ1v) is 8.21. The zero-order chi connectivity index (χ0) is 16.1. The van der Waals surface area contributed by atoms with Gasteiger partial charge in [-0.25, -0.2) is 0 Å². The van der Waals surface area contributed by atoms with Crippen LogP contribution >= 0.6 is 0 Å². The Balaban J connectivity index is 2.04. The third-order valence-corrected chi connectivity index (χ3v) is 4.18. The van der Waals surface area contributed by atoms with E-state index in [-0.39, 0.29) is 24.1 Å². The third-order valence-electron chi connectivity index (χ3n) is 4.18. The van der Waals surface area contributed by atoms with Crippen LogP contribution in [0, 0.1) is 0 Å². The van der Waals surface area contributed by atoms with Gasteiger partial charge in [-0.05, 0) is 19.4 Å². The van der Waals surface area contributed by atoms with Crippen LogP contribution < -0.4 is 5.32 Å².